The van der Waals surface area contributed by atoms with Gasteiger partial charge < -0.3 is 0 Å². The number of hydrogen-bond acceptors (Lipinski definition) is 4. The number of rotatable bonds is 8. The molecular weight excluding hydrogens is 251 g/mol. The van der Waals surface area contributed by atoms with Gasteiger partial charge in [0.1, 0.15) is 0 Å². The summed E-state index contributed by atoms with van der Waals surface area (Å²) in [6.45, 7) is 5.97. The first kappa shape index (κ1) is 15.4. The summed E-state index contributed by atoms with van der Waals surface area (Å²) in [5, 5.41) is 0. The molecule has 0 N–H and O–H groups in total. The highest BCUT2D eigenvalue weighted by molar-refractivity contribution is 7.48. The minimum Gasteiger partial charge on any atom is -0.287 e. The molecular formula is C13H21O4P. The van der Waals surface area contributed by atoms with Gasteiger partial charge in [-0.15, -0.1) is 0 Å². The van der Waals surface area contributed by atoms with E-state index in [-0.39, 0.29) is 6.10 Å². The molecule has 0 spiro atoms. The standard InChI is InChI=1S/C13H21O4P/c1-4-15-18(14,17-12(2)3)16-11-10-13-8-6-5-7-9-13/h5-9,12H,4,10-11H2,1-3H3. The highest BCUT2D eigenvalue weighted by Gasteiger charge is 2.27. The molecule has 0 aliphatic heterocycles. The zero-order valence-electron chi connectivity index (χ0n) is 11.2. The summed E-state index contributed by atoms with van der Waals surface area (Å²) in [4.78, 5) is 0. The third kappa shape index (κ3) is 5.78. The fraction of sp³-hybridized carbons (Fsp3) is 0.538. The van der Waals surface area contributed by atoms with E-state index >= 15 is 0 Å². The number of benzene rings is 1. The van der Waals surface area contributed by atoms with Crippen LogP contribution in [0.5, 0.6) is 0 Å². The van der Waals surface area contributed by atoms with Crippen molar-refractivity contribution in [3.05, 3.63) is 35.9 Å². The van der Waals surface area contributed by atoms with Crippen LogP contribution < -0.4 is 0 Å². The Labute approximate surface area is 109 Å². The van der Waals surface area contributed by atoms with Gasteiger partial charge in [0.25, 0.3) is 0 Å². The van der Waals surface area contributed by atoms with Crippen molar-refractivity contribution in [1.82, 2.24) is 0 Å². The maximum Gasteiger partial charge on any atom is 0.475 e. The van der Waals surface area contributed by atoms with Crippen LogP contribution in [0.1, 0.15) is 26.3 Å². The van der Waals surface area contributed by atoms with Crippen molar-refractivity contribution in [2.45, 2.75) is 33.3 Å². The highest BCUT2D eigenvalue weighted by Crippen LogP contribution is 2.50. The minimum absolute atomic E-state index is 0.195. The van der Waals surface area contributed by atoms with Crippen LogP contribution in [0.15, 0.2) is 30.3 Å². The lowest BCUT2D eigenvalue weighted by atomic mass is 10.2. The summed E-state index contributed by atoms with van der Waals surface area (Å²) in [7, 11) is -3.41. The van der Waals surface area contributed by atoms with Crippen LogP contribution in [0.3, 0.4) is 0 Å². The first-order chi connectivity index (χ1) is 8.56. The SMILES string of the molecule is CCOP(=O)(OCCc1ccccc1)OC(C)C. The number of phosphoric acid groups is 1. The van der Waals surface area contributed by atoms with Crippen LogP contribution >= 0.6 is 7.82 Å². The maximum atomic E-state index is 12.1. The van der Waals surface area contributed by atoms with E-state index in [0.29, 0.717) is 19.6 Å². The molecule has 0 radical (unpaired) electrons. The topological polar surface area (TPSA) is 44.8 Å². The molecule has 0 saturated heterocycles. The lowest BCUT2D eigenvalue weighted by Crippen LogP contribution is -2.07. The maximum absolute atomic E-state index is 12.1. The van der Waals surface area contributed by atoms with E-state index in [1.807, 2.05) is 30.3 Å². The Hall–Kier alpha value is -0.670. The molecule has 0 aromatic heterocycles. The molecule has 1 rings (SSSR count). The van der Waals surface area contributed by atoms with Gasteiger partial charge in [0.2, 0.25) is 0 Å². The van der Waals surface area contributed by atoms with E-state index in [9.17, 15) is 4.57 Å². The smallest absolute Gasteiger partial charge is 0.287 e. The molecule has 0 aliphatic rings. The van der Waals surface area contributed by atoms with E-state index in [1.165, 1.54) is 0 Å². The molecule has 0 fully saturated rings. The lowest BCUT2D eigenvalue weighted by molar-refractivity contribution is 0.0948. The fourth-order valence-electron chi connectivity index (χ4n) is 1.43. The van der Waals surface area contributed by atoms with Crippen molar-refractivity contribution < 1.29 is 18.1 Å². The van der Waals surface area contributed by atoms with Crippen LogP contribution in [0.4, 0.5) is 0 Å². The van der Waals surface area contributed by atoms with Crippen LogP contribution in [0.25, 0.3) is 0 Å². The zero-order chi connectivity index (χ0) is 13.4. The van der Waals surface area contributed by atoms with E-state index in [2.05, 4.69) is 0 Å². The molecule has 0 amide bonds. The average molecular weight is 272 g/mol. The predicted molar refractivity (Wildman–Crippen MR) is 71.6 cm³/mol. The van der Waals surface area contributed by atoms with Crippen LogP contribution in [-0.2, 0) is 24.6 Å². The van der Waals surface area contributed by atoms with Crippen LogP contribution in [0, 0.1) is 0 Å². The molecule has 1 aromatic carbocycles. The zero-order valence-corrected chi connectivity index (χ0v) is 12.1. The Morgan fingerprint density at radius 3 is 2.39 bits per heavy atom. The summed E-state index contributed by atoms with van der Waals surface area (Å²) < 4.78 is 27.8. The minimum atomic E-state index is -3.41. The first-order valence-electron chi connectivity index (χ1n) is 6.17. The van der Waals surface area contributed by atoms with Gasteiger partial charge in [0.15, 0.2) is 0 Å². The monoisotopic (exact) mass is 272 g/mol. The largest absolute Gasteiger partial charge is 0.475 e. The van der Waals surface area contributed by atoms with Gasteiger partial charge in [0.05, 0.1) is 19.3 Å². The molecule has 102 valence electrons. The molecule has 1 aromatic rings. The first-order valence-corrected chi connectivity index (χ1v) is 7.63. The number of phosphoric ester groups is 1. The molecule has 18 heavy (non-hydrogen) atoms. The molecule has 0 saturated carbocycles. The Bertz CT molecular complexity index is 378. The van der Waals surface area contributed by atoms with Gasteiger partial charge in [-0.1, -0.05) is 30.3 Å². The third-order valence-corrected chi connectivity index (χ3v) is 3.86. The quantitative estimate of drug-likeness (QED) is 0.675. The van der Waals surface area contributed by atoms with E-state index < -0.39 is 7.82 Å². The number of hydrogen-bond donors (Lipinski definition) is 0. The third-order valence-electron chi connectivity index (χ3n) is 2.11. The van der Waals surface area contributed by atoms with Crippen LogP contribution in [0.2, 0.25) is 0 Å². The van der Waals surface area contributed by atoms with Crippen molar-refractivity contribution in [3.63, 3.8) is 0 Å². The Kier molecular flexibility index (Phi) is 6.58. The Balaban J connectivity index is 2.45. The van der Waals surface area contributed by atoms with Crippen molar-refractivity contribution in [2.75, 3.05) is 13.2 Å². The summed E-state index contributed by atoms with van der Waals surface area (Å²) in [6, 6.07) is 9.87. The molecule has 1 atom stereocenters. The molecule has 1 unspecified atom stereocenters. The normalized spacial score (nSPS) is 14.7. The Morgan fingerprint density at radius 1 is 1.17 bits per heavy atom. The summed E-state index contributed by atoms with van der Waals surface area (Å²) in [5.41, 5.74) is 1.13. The summed E-state index contributed by atoms with van der Waals surface area (Å²) in [5.74, 6) is 0. The van der Waals surface area contributed by atoms with E-state index in [1.54, 1.807) is 20.8 Å². The van der Waals surface area contributed by atoms with Gasteiger partial charge in [-0.05, 0) is 32.8 Å². The molecule has 5 heteroatoms. The van der Waals surface area contributed by atoms with Crippen LogP contribution in [-0.4, -0.2) is 19.3 Å². The van der Waals surface area contributed by atoms with Crippen molar-refractivity contribution in [3.8, 4) is 0 Å². The second-order valence-electron chi connectivity index (χ2n) is 4.09. The highest BCUT2D eigenvalue weighted by atomic mass is 31.2. The van der Waals surface area contributed by atoms with E-state index in [4.69, 9.17) is 13.6 Å². The molecule has 0 aliphatic carbocycles. The van der Waals surface area contributed by atoms with Gasteiger partial charge in [-0.2, -0.15) is 0 Å². The van der Waals surface area contributed by atoms with Crippen molar-refractivity contribution >= 4 is 7.82 Å². The summed E-state index contributed by atoms with van der Waals surface area (Å²) >= 11 is 0. The van der Waals surface area contributed by atoms with Gasteiger partial charge in [-0.25, -0.2) is 4.57 Å². The second-order valence-corrected chi connectivity index (χ2v) is 5.71. The lowest BCUT2D eigenvalue weighted by Gasteiger charge is -2.19. The van der Waals surface area contributed by atoms with Gasteiger partial charge in [0, 0.05) is 0 Å². The van der Waals surface area contributed by atoms with E-state index in [0.717, 1.165) is 5.56 Å². The molecule has 4 nitrogen and oxygen atoms in total. The van der Waals surface area contributed by atoms with Crippen molar-refractivity contribution in [2.24, 2.45) is 0 Å². The van der Waals surface area contributed by atoms with Gasteiger partial charge in [-0.3, -0.25) is 13.6 Å². The predicted octanol–water partition coefficient (Wildman–Crippen LogP) is 3.82. The second kappa shape index (κ2) is 7.70. The molecule has 0 heterocycles. The molecule has 0 bridgehead atoms. The summed E-state index contributed by atoms with van der Waals surface area (Å²) in [6.07, 6.45) is 0.485. The fourth-order valence-corrected chi connectivity index (χ4v) is 2.78. The Morgan fingerprint density at radius 2 is 1.83 bits per heavy atom. The average Bonchev–Trinajstić information content (AvgIpc) is 2.29. The van der Waals surface area contributed by atoms with Crippen molar-refractivity contribution in [1.29, 1.82) is 0 Å². The van der Waals surface area contributed by atoms with Gasteiger partial charge >= 0.3 is 7.82 Å².